The Morgan fingerprint density at radius 2 is 2.53 bits per heavy atom. The average Bonchev–Trinajstić information content (AvgIpc) is 2.88. The third-order valence-corrected chi connectivity index (χ3v) is 2.88. The maximum absolute atomic E-state index is 11.5. The topological polar surface area (TPSA) is 54.3 Å². The summed E-state index contributed by atoms with van der Waals surface area (Å²) >= 11 is 0. The van der Waals surface area contributed by atoms with Gasteiger partial charge in [0.2, 0.25) is 5.91 Å². The molecule has 0 saturated carbocycles. The van der Waals surface area contributed by atoms with Crippen molar-refractivity contribution in [2.45, 2.75) is 25.3 Å². The zero-order valence-corrected chi connectivity index (χ0v) is 9.82. The highest BCUT2D eigenvalue weighted by Crippen LogP contribution is 2.06. The second-order valence-electron chi connectivity index (χ2n) is 4.24. The normalized spacial score (nSPS) is 20.6. The van der Waals surface area contributed by atoms with Crippen molar-refractivity contribution in [2.75, 3.05) is 13.1 Å². The minimum absolute atomic E-state index is 0.0752. The summed E-state index contributed by atoms with van der Waals surface area (Å²) in [6.45, 7) is 1.75. The standard InChI is InChI=1S/C13H18N2O2/c16-13(7-6-12-5-3-9-17-12)15-10-11-4-1-2-8-14-11/h3,5-7,9,11,14H,1-2,4,8,10H2,(H,15,16). The largest absolute Gasteiger partial charge is 0.465 e. The molecule has 17 heavy (non-hydrogen) atoms. The van der Waals surface area contributed by atoms with Crippen LogP contribution in [0.4, 0.5) is 0 Å². The van der Waals surface area contributed by atoms with Gasteiger partial charge in [-0.1, -0.05) is 6.42 Å². The molecule has 4 heteroatoms. The highest BCUT2D eigenvalue weighted by atomic mass is 16.3. The van der Waals surface area contributed by atoms with Crippen LogP contribution in [0.1, 0.15) is 25.0 Å². The molecule has 92 valence electrons. The zero-order valence-electron chi connectivity index (χ0n) is 9.82. The number of nitrogens with one attached hydrogen (secondary N) is 2. The highest BCUT2D eigenvalue weighted by Gasteiger charge is 2.12. The molecule has 0 aromatic carbocycles. The minimum atomic E-state index is -0.0752. The monoisotopic (exact) mass is 234 g/mol. The number of rotatable bonds is 4. The van der Waals surface area contributed by atoms with Gasteiger partial charge in [0.05, 0.1) is 6.26 Å². The Morgan fingerprint density at radius 3 is 3.24 bits per heavy atom. The van der Waals surface area contributed by atoms with Crippen molar-refractivity contribution in [1.82, 2.24) is 10.6 Å². The number of furan rings is 1. The quantitative estimate of drug-likeness (QED) is 0.777. The van der Waals surface area contributed by atoms with Crippen molar-refractivity contribution in [2.24, 2.45) is 0 Å². The highest BCUT2D eigenvalue weighted by molar-refractivity contribution is 5.91. The van der Waals surface area contributed by atoms with Crippen molar-refractivity contribution >= 4 is 12.0 Å². The summed E-state index contributed by atoms with van der Waals surface area (Å²) < 4.78 is 5.10. The number of carbonyl (C=O) groups is 1. The molecular formula is C13H18N2O2. The Kier molecular flexibility index (Phi) is 4.38. The molecule has 2 N–H and O–H groups in total. The van der Waals surface area contributed by atoms with Crippen LogP contribution in [0.5, 0.6) is 0 Å². The molecule has 1 unspecified atom stereocenters. The number of hydrogen-bond donors (Lipinski definition) is 2. The van der Waals surface area contributed by atoms with Crippen molar-refractivity contribution in [3.8, 4) is 0 Å². The fourth-order valence-electron chi connectivity index (χ4n) is 1.92. The van der Waals surface area contributed by atoms with E-state index in [-0.39, 0.29) is 5.91 Å². The Bertz CT molecular complexity index is 365. The molecule has 1 aromatic heterocycles. The van der Waals surface area contributed by atoms with Gasteiger partial charge in [-0.3, -0.25) is 4.79 Å². The van der Waals surface area contributed by atoms with Gasteiger partial charge in [-0.15, -0.1) is 0 Å². The van der Waals surface area contributed by atoms with Crippen LogP contribution in [0.15, 0.2) is 28.9 Å². The maximum atomic E-state index is 11.5. The van der Waals surface area contributed by atoms with E-state index in [9.17, 15) is 4.79 Å². The van der Waals surface area contributed by atoms with Crippen molar-refractivity contribution in [1.29, 1.82) is 0 Å². The third-order valence-electron chi connectivity index (χ3n) is 2.88. The van der Waals surface area contributed by atoms with Gasteiger partial charge >= 0.3 is 0 Å². The van der Waals surface area contributed by atoms with Gasteiger partial charge in [0.25, 0.3) is 0 Å². The summed E-state index contributed by atoms with van der Waals surface area (Å²) in [4.78, 5) is 11.5. The van der Waals surface area contributed by atoms with Gasteiger partial charge in [-0.25, -0.2) is 0 Å². The second kappa shape index (κ2) is 6.25. The van der Waals surface area contributed by atoms with Crippen LogP contribution in [0.3, 0.4) is 0 Å². The molecule has 1 saturated heterocycles. The predicted octanol–water partition coefficient (Wildman–Crippen LogP) is 1.55. The fraction of sp³-hybridized carbons (Fsp3) is 0.462. The van der Waals surface area contributed by atoms with Gasteiger partial charge in [0.1, 0.15) is 5.76 Å². The molecule has 1 amide bonds. The first kappa shape index (κ1) is 11.9. The van der Waals surface area contributed by atoms with Gasteiger partial charge in [-0.05, 0) is 37.6 Å². The SMILES string of the molecule is O=C(C=Cc1ccco1)NCC1CCCCN1. The summed E-state index contributed by atoms with van der Waals surface area (Å²) in [5.74, 6) is 0.615. The van der Waals surface area contributed by atoms with Crippen LogP contribution in [0, 0.1) is 0 Å². The van der Waals surface area contributed by atoms with E-state index >= 15 is 0 Å². The molecule has 1 fully saturated rings. The molecule has 2 rings (SSSR count). The summed E-state index contributed by atoms with van der Waals surface area (Å²) in [5.41, 5.74) is 0. The van der Waals surface area contributed by atoms with Gasteiger partial charge < -0.3 is 15.1 Å². The zero-order chi connectivity index (χ0) is 11.9. The van der Waals surface area contributed by atoms with Crippen LogP contribution in [-0.2, 0) is 4.79 Å². The maximum Gasteiger partial charge on any atom is 0.244 e. The lowest BCUT2D eigenvalue weighted by atomic mass is 10.1. The average molecular weight is 234 g/mol. The van der Waals surface area contributed by atoms with Gasteiger partial charge in [0, 0.05) is 18.7 Å². The van der Waals surface area contributed by atoms with Gasteiger partial charge in [0.15, 0.2) is 0 Å². The molecule has 1 aromatic rings. The number of amides is 1. The number of piperidine rings is 1. The van der Waals surface area contributed by atoms with E-state index in [4.69, 9.17) is 4.42 Å². The van der Waals surface area contributed by atoms with Crippen molar-refractivity contribution in [3.63, 3.8) is 0 Å². The minimum Gasteiger partial charge on any atom is -0.465 e. The summed E-state index contributed by atoms with van der Waals surface area (Å²) in [7, 11) is 0. The molecule has 2 heterocycles. The molecule has 1 aliphatic heterocycles. The molecule has 0 aliphatic carbocycles. The number of carbonyl (C=O) groups excluding carboxylic acids is 1. The van der Waals surface area contributed by atoms with Gasteiger partial charge in [-0.2, -0.15) is 0 Å². The lowest BCUT2D eigenvalue weighted by molar-refractivity contribution is -0.116. The van der Waals surface area contributed by atoms with E-state index in [2.05, 4.69) is 10.6 Å². The summed E-state index contributed by atoms with van der Waals surface area (Å²) in [6.07, 6.45) is 8.38. The fourth-order valence-corrected chi connectivity index (χ4v) is 1.92. The van der Waals surface area contributed by atoms with Crippen LogP contribution < -0.4 is 10.6 Å². The van der Waals surface area contributed by atoms with Crippen LogP contribution in [0.2, 0.25) is 0 Å². The molecule has 4 nitrogen and oxygen atoms in total. The lowest BCUT2D eigenvalue weighted by Crippen LogP contribution is -2.43. The molecule has 0 spiro atoms. The Balaban J connectivity index is 1.70. The Hall–Kier alpha value is -1.55. The molecule has 1 atom stereocenters. The van der Waals surface area contributed by atoms with E-state index in [1.165, 1.54) is 18.9 Å². The van der Waals surface area contributed by atoms with E-state index in [1.807, 2.05) is 6.07 Å². The van der Waals surface area contributed by atoms with Crippen LogP contribution >= 0.6 is 0 Å². The first-order valence-corrected chi connectivity index (χ1v) is 6.07. The molecule has 1 aliphatic rings. The number of hydrogen-bond acceptors (Lipinski definition) is 3. The third kappa shape index (κ3) is 4.07. The van der Waals surface area contributed by atoms with Crippen LogP contribution in [-0.4, -0.2) is 25.0 Å². The van der Waals surface area contributed by atoms with Crippen molar-refractivity contribution < 1.29 is 9.21 Å². The van der Waals surface area contributed by atoms with E-state index in [0.29, 0.717) is 18.3 Å². The predicted molar refractivity (Wildman–Crippen MR) is 66.4 cm³/mol. The summed E-state index contributed by atoms with van der Waals surface area (Å²) in [6, 6.07) is 4.03. The molecule has 0 bridgehead atoms. The van der Waals surface area contributed by atoms with Crippen LogP contribution in [0.25, 0.3) is 6.08 Å². The second-order valence-corrected chi connectivity index (χ2v) is 4.24. The molecule has 0 radical (unpaired) electrons. The lowest BCUT2D eigenvalue weighted by Gasteiger charge is -2.23. The van der Waals surface area contributed by atoms with E-state index < -0.39 is 0 Å². The van der Waals surface area contributed by atoms with E-state index in [0.717, 1.165) is 13.0 Å². The summed E-state index contributed by atoms with van der Waals surface area (Å²) in [5, 5.41) is 6.27. The first-order valence-electron chi connectivity index (χ1n) is 6.07. The smallest absolute Gasteiger partial charge is 0.244 e. The Labute approximate surface area is 101 Å². The van der Waals surface area contributed by atoms with E-state index in [1.54, 1.807) is 18.4 Å². The molecular weight excluding hydrogens is 216 g/mol. The first-order chi connectivity index (χ1) is 8.34. The van der Waals surface area contributed by atoms with Crippen molar-refractivity contribution in [3.05, 3.63) is 30.2 Å². The Morgan fingerprint density at radius 1 is 1.59 bits per heavy atom.